The fourth-order valence-corrected chi connectivity index (χ4v) is 4.10. The van der Waals surface area contributed by atoms with Crippen LogP contribution in [0.4, 0.5) is 40.8 Å². The molecule has 268 valence electrons. The van der Waals surface area contributed by atoms with Gasteiger partial charge in [-0.25, -0.2) is 13.2 Å². The highest BCUT2D eigenvalue weighted by Crippen LogP contribution is 2.35. The molecule has 17 heteroatoms. The zero-order valence-electron chi connectivity index (χ0n) is 26.6. The largest absolute Gasteiger partial charge is 0.497 e. The van der Waals surface area contributed by atoms with Gasteiger partial charge >= 0.3 is 12.8 Å². The molecule has 4 rings (SSSR count). The summed E-state index contributed by atoms with van der Waals surface area (Å²) in [6, 6.07) is 11.0. The Morgan fingerprint density at radius 3 is 1.94 bits per heavy atom. The number of benzene rings is 2. The molecule has 0 aliphatic carbocycles. The van der Waals surface area contributed by atoms with Gasteiger partial charge in [-0.3, -0.25) is 14.4 Å². The number of carbonyl (C=O) groups is 2. The van der Waals surface area contributed by atoms with E-state index in [1.807, 2.05) is 20.8 Å². The minimum atomic E-state index is -4.69. The molecule has 2 aromatic carbocycles. The van der Waals surface area contributed by atoms with Crippen LogP contribution in [-0.2, 0) is 20.9 Å². The lowest BCUT2D eigenvalue weighted by Gasteiger charge is -2.21. The molecule has 0 spiro atoms. The minimum Gasteiger partial charge on any atom is -0.497 e. The number of aromatic nitrogens is 1. The van der Waals surface area contributed by atoms with Gasteiger partial charge in [0, 0.05) is 49.9 Å². The highest BCUT2D eigenvalue weighted by atomic mass is 19.4. The van der Waals surface area contributed by atoms with E-state index in [-0.39, 0.29) is 42.2 Å². The molecule has 1 fully saturated rings. The van der Waals surface area contributed by atoms with Gasteiger partial charge < -0.3 is 29.8 Å². The number of aliphatic hydroxyl groups is 1. The molecule has 1 aromatic heterocycles. The molecular formula is C31H37F8N3O6. The second-order valence-corrected chi connectivity index (χ2v) is 9.24. The topological polar surface area (TPSA) is 124 Å². The van der Waals surface area contributed by atoms with E-state index >= 15 is 0 Å². The lowest BCUT2D eigenvalue weighted by atomic mass is 9.97. The number of methoxy groups -OCH3 is 2. The first-order valence-corrected chi connectivity index (χ1v) is 14.0. The summed E-state index contributed by atoms with van der Waals surface area (Å²) in [5.74, 6) is -3.44. The average molecular weight is 700 g/mol. The van der Waals surface area contributed by atoms with E-state index in [1.54, 1.807) is 12.1 Å². The molecule has 3 aromatic rings. The molecule has 0 bridgehead atoms. The zero-order chi connectivity index (χ0) is 37.2. The Morgan fingerprint density at radius 2 is 1.52 bits per heavy atom. The van der Waals surface area contributed by atoms with Crippen molar-refractivity contribution in [2.45, 2.75) is 58.5 Å². The summed E-state index contributed by atoms with van der Waals surface area (Å²) in [6.45, 7) is 1.75. The summed E-state index contributed by atoms with van der Waals surface area (Å²) in [5, 5.41) is 6.72. The van der Waals surface area contributed by atoms with Gasteiger partial charge in [-0.2, -0.15) is 22.0 Å². The van der Waals surface area contributed by atoms with Crippen molar-refractivity contribution < 1.29 is 59.3 Å². The number of primary amides is 1. The quantitative estimate of drug-likeness (QED) is 0.252. The van der Waals surface area contributed by atoms with Gasteiger partial charge in [0.2, 0.25) is 12.3 Å². The molecule has 9 nitrogen and oxygen atoms in total. The first-order valence-electron chi connectivity index (χ1n) is 14.0. The Morgan fingerprint density at radius 1 is 1.02 bits per heavy atom. The number of aryl methyl sites for hydroxylation is 1. The van der Waals surface area contributed by atoms with Crippen molar-refractivity contribution in [3.8, 4) is 5.75 Å². The third kappa shape index (κ3) is 14.1. The fraction of sp³-hybridized carbons (Fsp3) is 0.387. The number of halogens is 8. The standard InChI is InChI=1S/C20H19F5N2O4.C7H7F.C2H6.CH2F2O.CH3NO/c1-30-12-7-13(21)18(14(22)8-12)11-6-17(28)27(9-11)15-4-3-5-26(19(15)29)10-16(31-2)20(23,24)25;1-6-2-4-7(8)5-3-6;1-2;2-1(3)4;2-1-3/h3-5,7-8,11,16H,6,9-10H2,1-2H3;2-5H,1H3;1-2H3;1,4H;1H,(H2,2,3). The van der Waals surface area contributed by atoms with Crippen LogP contribution >= 0.6 is 0 Å². The smallest absolute Gasteiger partial charge is 0.416 e. The van der Waals surface area contributed by atoms with E-state index in [0.29, 0.717) is 0 Å². The van der Waals surface area contributed by atoms with Crippen LogP contribution in [0.2, 0.25) is 0 Å². The second-order valence-electron chi connectivity index (χ2n) is 9.24. The van der Waals surface area contributed by atoms with Crippen molar-refractivity contribution in [2.75, 3.05) is 25.7 Å². The van der Waals surface area contributed by atoms with Crippen LogP contribution in [0.1, 0.15) is 37.3 Å². The van der Waals surface area contributed by atoms with Crippen LogP contribution in [0, 0.1) is 24.4 Å². The minimum absolute atomic E-state index is 0.0248. The summed E-state index contributed by atoms with van der Waals surface area (Å²) >= 11 is 0. The average Bonchev–Trinajstić information content (AvgIpc) is 3.38. The molecule has 2 amide bonds. The van der Waals surface area contributed by atoms with Crippen molar-refractivity contribution in [1.82, 2.24) is 4.57 Å². The molecule has 2 atom stereocenters. The number of ether oxygens (including phenoxy) is 2. The molecule has 48 heavy (non-hydrogen) atoms. The number of nitrogens with two attached hydrogens (primary N) is 1. The maximum atomic E-state index is 14.4. The van der Waals surface area contributed by atoms with Crippen molar-refractivity contribution in [1.29, 1.82) is 0 Å². The summed E-state index contributed by atoms with van der Waals surface area (Å²) in [7, 11) is 2.13. The van der Waals surface area contributed by atoms with Gasteiger partial charge in [-0.15, -0.1) is 0 Å². The Kier molecular flexibility index (Phi) is 19.4. The van der Waals surface area contributed by atoms with E-state index in [9.17, 15) is 44.7 Å². The lowest BCUT2D eigenvalue weighted by molar-refractivity contribution is -0.216. The molecule has 0 radical (unpaired) electrons. The number of aliphatic hydroxyl groups excluding tert-OH is 1. The Labute approximate surface area is 271 Å². The van der Waals surface area contributed by atoms with Crippen molar-refractivity contribution in [2.24, 2.45) is 5.73 Å². The Bertz CT molecular complexity index is 1420. The maximum absolute atomic E-state index is 14.4. The number of anilines is 1. The predicted octanol–water partition coefficient (Wildman–Crippen LogP) is 5.70. The van der Waals surface area contributed by atoms with Gasteiger partial charge in [-0.05, 0) is 31.2 Å². The summed E-state index contributed by atoms with van der Waals surface area (Å²) in [5.41, 5.74) is 3.91. The maximum Gasteiger partial charge on any atom is 0.416 e. The summed E-state index contributed by atoms with van der Waals surface area (Å²) in [6.07, 6.45) is -5.78. The van der Waals surface area contributed by atoms with Crippen LogP contribution in [0.25, 0.3) is 0 Å². The number of alkyl halides is 5. The zero-order valence-corrected chi connectivity index (χ0v) is 26.6. The first kappa shape index (κ1) is 43.5. The third-order valence-corrected chi connectivity index (χ3v) is 6.14. The number of hydrogen-bond donors (Lipinski definition) is 2. The van der Waals surface area contributed by atoms with Crippen molar-refractivity contribution in [3.05, 3.63) is 93.7 Å². The third-order valence-electron chi connectivity index (χ3n) is 6.14. The van der Waals surface area contributed by atoms with Crippen LogP contribution < -0.4 is 20.9 Å². The molecule has 2 heterocycles. The lowest BCUT2D eigenvalue weighted by Crippen LogP contribution is -2.39. The van der Waals surface area contributed by atoms with E-state index < -0.39 is 54.5 Å². The fourth-order valence-electron chi connectivity index (χ4n) is 4.10. The molecule has 1 aliphatic heterocycles. The molecule has 1 aliphatic rings. The Balaban J connectivity index is 0.00000107. The van der Waals surface area contributed by atoms with Crippen LogP contribution in [-0.4, -0.2) is 61.6 Å². The highest BCUT2D eigenvalue weighted by Gasteiger charge is 2.41. The number of hydrogen-bond acceptors (Lipinski definition) is 6. The Hall–Kier alpha value is -4.51. The van der Waals surface area contributed by atoms with Crippen LogP contribution in [0.15, 0.2) is 59.5 Å². The number of amides is 2. The molecule has 0 saturated carbocycles. The van der Waals surface area contributed by atoms with Crippen LogP contribution in [0.5, 0.6) is 5.75 Å². The van der Waals surface area contributed by atoms with Crippen LogP contribution in [0.3, 0.4) is 0 Å². The number of nitrogens with zero attached hydrogens (tertiary/aromatic N) is 2. The highest BCUT2D eigenvalue weighted by molar-refractivity contribution is 5.96. The van der Waals surface area contributed by atoms with E-state index in [0.717, 1.165) is 40.5 Å². The number of carbonyl (C=O) groups excluding carboxylic acids is 2. The van der Waals surface area contributed by atoms with Crippen molar-refractivity contribution in [3.63, 3.8) is 0 Å². The van der Waals surface area contributed by atoms with Gasteiger partial charge in [-0.1, -0.05) is 31.5 Å². The normalized spacial score (nSPS) is 14.2. The van der Waals surface area contributed by atoms with Gasteiger partial charge in [0.25, 0.3) is 5.56 Å². The second kappa shape index (κ2) is 21.4. The number of rotatable bonds is 6. The molecule has 1 saturated heterocycles. The first-order chi connectivity index (χ1) is 22.5. The molecule has 3 N–H and O–H groups in total. The SMILES string of the molecule is CC.COc1cc(F)c(C2CC(=O)N(c3cccn(CC(OC)C(F)(F)F)c3=O)C2)c(F)c1.Cc1ccc(F)cc1.NC=O.OC(F)F. The van der Waals surface area contributed by atoms with E-state index in [4.69, 9.17) is 14.6 Å². The number of pyridine rings is 1. The van der Waals surface area contributed by atoms with Gasteiger partial charge in [0.15, 0.2) is 6.10 Å². The van der Waals surface area contributed by atoms with Crippen molar-refractivity contribution >= 4 is 18.0 Å². The monoisotopic (exact) mass is 699 g/mol. The summed E-state index contributed by atoms with van der Waals surface area (Å²) in [4.78, 5) is 34.8. The summed E-state index contributed by atoms with van der Waals surface area (Å²) < 4.78 is 110. The van der Waals surface area contributed by atoms with E-state index in [1.165, 1.54) is 31.4 Å². The van der Waals surface area contributed by atoms with Gasteiger partial charge in [0.1, 0.15) is 28.9 Å². The predicted molar refractivity (Wildman–Crippen MR) is 161 cm³/mol. The molecular weight excluding hydrogens is 662 g/mol. The molecule has 2 unspecified atom stereocenters. The van der Waals surface area contributed by atoms with E-state index in [2.05, 4.69) is 10.5 Å². The van der Waals surface area contributed by atoms with Gasteiger partial charge in [0.05, 0.1) is 13.7 Å².